The van der Waals surface area contributed by atoms with Crippen molar-refractivity contribution in [2.45, 2.75) is 0 Å². The van der Waals surface area contributed by atoms with E-state index in [2.05, 4.69) is 214 Å². The first-order chi connectivity index (χ1) is 31.2. The molecular weight excluding hydrogens is 787 g/mol. The smallest absolute Gasteiger partial charge is 0.137 e. The van der Waals surface area contributed by atoms with E-state index in [0.717, 1.165) is 66.2 Å². The van der Waals surface area contributed by atoms with Crippen molar-refractivity contribution in [1.82, 2.24) is 13.7 Å². The van der Waals surface area contributed by atoms with E-state index in [1.54, 1.807) is 0 Å². The van der Waals surface area contributed by atoms with Crippen LogP contribution in [-0.4, -0.2) is 13.7 Å². The molecule has 0 unspecified atom stereocenters. The number of thiophene rings is 1. The summed E-state index contributed by atoms with van der Waals surface area (Å²) in [7, 11) is 0. The van der Waals surface area contributed by atoms with Gasteiger partial charge in [-0.05, 0) is 119 Å². The number of furan rings is 1. The van der Waals surface area contributed by atoms with Crippen LogP contribution in [0.2, 0.25) is 0 Å². The third-order valence-electron chi connectivity index (χ3n) is 13.0. The second-order valence-electron chi connectivity index (χ2n) is 16.5. The number of aromatic nitrogens is 3. The van der Waals surface area contributed by atoms with Crippen molar-refractivity contribution >= 4 is 119 Å². The van der Waals surface area contributed by atoms with Gasteiger partial charge in [0.05, 0.1) is 22.4 Å². The van der Waals surface area contributed by atoms with Crippen LogP contribution >= 0.6 is 11.3 Å². The molecule has 4 nitrogen and oxygen atoms in total. The van der Waals surface area contributed by atoms with Crippen molar-refractivity contribution in [3.8, 4) is 17.1 Å². The molecule has 0 saturated heterocycles. The molecule has 4 aromatic heterocycles. The lowest BCUT2D eigenvalue weighted by molar-refractivity contribution is 0.668. The highest BCUT2D eigenvalue weighted by Gasteiger charge is 2.19. The molecule has 14 rings (SSSR count). The predicted octanol–water partition coefficient (Wildman–Crippen LogP) is 16.4. The Kier molecular flexibility index (Phi) is 7.24. The van der Waals surface area contributed by atoms with Crippen LogP contribution in [0.1, 0.15) is 0 Å². The van der Waals surface area contributed by atoms with Crippen molar-refractivity contribution in [2.75, 3.05) is 0 Å². The summed E-state index contributed by atoms with van der Waals surface area (Å²) in [4.78, 5) is 0. The van der Waals surface area contributed by atoms with Gasteiger partial charge in [0.2, 0.25) is 0 Å². The average molecular weight is 822 g/mol. The molecule has 0 spiro atoms. The van der Waals surface area contributed by atoms with Crippen molar-refractivity contribution in [2.24, 2.45) is 0 Å². The Morgan fingerprint density at radius 1 is 0.317 bits per heavy atom. The van der Waals surface area contributed by atoms with E-state index in [4.69, 9.17) is 4.42 Å². The van der Waals surface area contributed by atoms with Gasteiger partial charge in [-0.15, -0.1) is 11.3 Å². The van der Waals surface area contributed by atoms with E-state index < -0.39 is 0 Å². The first-order valence-electron chi connectivity index (χ1n) is 21.4. The van der Waals surface area contributed by atoms with Crippen LogP contribution in [0.3, 0.4) is 0 Å². The Balaban J connectivity index is 1.11. The minimum absolute atomic E-state index is 0.874. The molecule has 0 radical (unpaired) electrons. The Bertz CT molecular complexity index is 4280. The highest BCUT2D eigenvalue weighted by Crippen LogP contribution is 2.41. The van der Waals surface area contributed by atoms with Crippen LogP contribution in [0.5, 0.6) is 0 Å². The summed E-state index contributed by atoms with van der Waals surface area (Å²) >= 11 is 1.85. The molecule has 10 aromatic carbocycles. The Labute approximate surface area is 364 Å². The van der Waals surface area contributed by atoms with Gasteiger partial charge in [0.15, 0.2) is 0 Å². The molecule has 4 heterocycles. The van der Waals surface area contributed by atoms with Crippen LogP contribution in [0.4, 0.5) is 0 Å². The van der Waals surface area contributed by atoms with Gasteiger partial charge < -0.3 is 18.1 Å². The summed E-state index contributed by atoms with van der Waals surface area (Å²) in [6, 6.07) is 77.8. The number of para-hydroxylation sites is 2. The molecule has 0 atom stereocenters. The van der Waals surface area contributed by atoms with Crippen molar-refractivity contribution in [1.29, 1.82) is 0 Å². The molecular formula is C58H35N3OS. The second kappa shape index (κ2) is 13.2. The van der Waals surface area contributed by atoms with E-state index in [-0.39, 0.29) is 0 Å². The number of nitrogens with zero attached hydrogens (tertiary/aromatic N) is 3. The molecule has 294 valence electrons. The molecule has 0 N–H and O–H groups in total. The SMILES string of the molecule is c1ccc2c(-n3c4ccccc4c4c(-n5c6cccc(c6)c6cccc(c6)n(-c6ccc7c(c6)oc6ccccc67)c6ccc7sc8ccc5cc8c7c6)cccc43)cccc2c1. The lowest BCUT2D eigenvalue weighted by Crippen LogP contribution is -1.99. The van der Waals surface area contributed by atoms with Crippen LogP contribution in [0.15, 0.2) is 217 Å². The van der Waals surface area contributed by atoms with Gasteiger partial charge in [0.25, 0.3) is 0 Å². The van der Waals surface area contributed by atoms with Crippen LogP contribution in [-0.2, 0) is 0 Å². The number of fused-ring (bicyclic) bond motifs is 14. The average Bonchev–Trinajstić information content (AvgIpc) is 4.01. The molecule has 14 aromatic rings. The van der Waals surface area contributed by atoms with Gasteiger partial charge in [-0.25, -0.2) is 0 Å². The van der Waals surface area contributed by atoms with E-state index in [1.807, 2.05) is 23.5 Å². The highest BCUT2D eigenvalue weighted by molar-refractivity contribution is 7.25. The Hall–Kier alpha value is -8.12. The van der Waals surface area contributed by atoms with Gasteiger partial charge in [-0.1, -0.05) is 103 Å². The molecule has 0 aliphatic carbocycles. The number of hydrogen-bond donors (Lipinski definition) is 0. The van der Waals surface area contributed by atoms with Crippen molar-refractivity contribution < 1.29 is 4.42 Å². The Morgan fingerprint density at radius 2 is 0.889 bits per heavy atom. The summed E-state index contributed by atoms with van der Waals surface area (Å²) < 4.78 is 16.3. The lowest BCUT2D eigenvalue weighted by Gasteiger charge is -2.15. The topological polar surface area (TPSA) is 27.9 Å². The minimum Gasteiger partial charge on any atom is -0.456 e. The van der Waals surface area contributed by atoms with E-state index in [0.29, 0.717) is 0 Å². The molecule has 63 heavy (non-hydrogen) atoms. The molecule has 0 saturated carbocycles. The summed E-state index contributed by atoms with van der Waals surface area (Å²) in [6.07, 6.45) is 0. The minimum atomic E-state index is 0.874. The third kappa shape index (κ3) is 5.15. The highest BCUT2D eigenvalue weighted by atomic mass is 32.1. The molecule has 0 amide bonds. The largest absolute Gasteiger partial charge is 0.456 e. The van der Waals surface area contributed by atoms with Crippen LogP contribution in [0, 0.1) is 0 Å². The third-order valence-corrected chi connectivity index (χ3v) is 14.2. The first kappa shape index (κ1) is 34.6. The quantitative estimate of drug-likeness (QED) is 0.174. The number of hydrogen-bond acceptors (Lipinski definition) is 2. The van der Waals surface area contributed by atoms with Crippen molar-refractivity contribution in [3.63, 3.8) is 0 Å². The molecule has 8 bridgehead atoms. The summed E-state index contributed by atoms with van der Waals surface area (Å²) in [6.45, 7) is 0. The zero-order valence-corrected chi connectivity index (χ0v) is 34.7. The van der Waals surface area contributed by atoms with Gasteiger partial charge in [0.1, 0.15) is 11.2 Å². The fraction of sp³-hybridized carbons (Fsp3) is 0. The van der Waals surface area contributed by atoms with Crippen molar-refractivity contribution in [3.05, 3.63) is 212 Å². The maximum absolute atomic E-state index is 6.45. The van der Waals surface area contributed by atoms with Gasteiger partial charge in [0, 0.05) is 80.9 Å². The standard InChI is InChI=1S/C58H35N3OS/c1-2-17-44-36(11-1)12-9-21-50(44)61-51-20-5-3-19-47(51)58-52(22-10-23-53(58)61)60-40-16-8-14-38(32-40)37-13-7-15-39(31-37)59(43-25-28-46-45-18-4-6-24-54(45)62-55(46)35-43)41-26-29-56-48(33-41)49-34-42(60)27-30-57(49)63-56/h1-35H. The maximum Gasteiger partial charge on any atom is 0.137 e. The monoisotopic (exact) mass is 821 g/mol. The lowest BCUT2D eigenvalue weighted by atomic mass is 10.1. The number of benzene rings is 10. The van der Waals surface area contributed by atoms with Crippen LogP contribution < -0.4 is 0 Å². The van der Waals surface area contributed by atoms with E-state index >= 15 is 0 Å². The zero-order chi connectivity index (χ0) is 41.2. The summed E-state index contributed by atoms with van der Waals surface area (Å²) in [5, 5.41) is 11.9. The second-order valence-corrected chi connectivity index (χ2v) is 17.6. The van der Waals surface area contributed by atoms with E-state index in [9.17, 15) is 0 Å². The fourth-order valence-corrected chi connectivity index (χ4v) is 11.3. The zero-order valence-electron chi connectivity index (χ0n) is 33.9. The molecule has 0 fully saturated rings. The molecule has 5 heteroatoms. The van der Waals surface area contributed by atoms with Gasteiger partial charge in [-0.3, -0.25) is 0 Å². The first-order valence-corrected chi connectivity index (χ1v) is 22.2. The molecule has 0 aliphatic rings. The summed E-state index contributed by atoms with van der Waals surface area (Å²) in [5.74, 6) is 0. The normalized spacial score (nSPS) is 12.1. The van der Waals surface area contributed by atoms with Gasteiger partial charge >= 0.3 is 0 Å². The van der Waals surface area contributed by atoms with E-state index in [1.165, 1.54) is 58.4 Å². The van der Waals surface area contributed by atoms with Crippen LogP contribution in [0.25, 0.3) is 125 Å². The summed E-state index contributed by atoms with van der Waals surface area (Å²) in [5.41, 5.74) is 11.8. The maximum atomic E-state index is 6.45. The molecule has 0 aliphatic heterocycles. The predicted molar refractivity (Wildman–Crippen MR) is 267 cm³/mol. The number of rotatable bonds is 3. The van der Waals surface area contributed by atoms with Gasteiger partial charge in [-0.2, -0.15) is 0 Å². The fourth-order valence-electron chi connectivity index (χ4n) is 10.3. The Morgan fingerprint density at radius 3 is 1.70 bits per heavy atom.